The van der Waals surface area contributed by atoms with Gasteiger partial charge in [-0.05, 0) is 62.4 Å². The summed E-state index contributed by atoms with van der Waals surface area (Å²) in [5.41, 5.74) is 6.92. The number of rotatable bonds is 0. The summed E-state index contributed by atoms with van der Waals surface area (Å²) in [7, 11) is 0. The van der Waals surface area contributed by atoms with E-state index in [9.17, 15) is 0 Å². The van der Waals surface area contributed by atoms with Crippen molar-refractivity contribution >= 4 is 0 Å². The first-order valence-corrected chi connectivity index (χ1v) is 8.07. The summed E-state index contributed by atoms with van der Waals surface area (Å²) < 4.78 is 0. The zero-order chi connectivity index (χ0) is 17.1. The number of hydrogen-bond acceptors (Lipinski definition) is 0. The fourth-order valence-electron chi connectivity index (χ4n) is 1.95. The Labute approximate surface area is 141 Å². The van der Waals surface area contributed by atoms with Crippen LogP contribution in [0.1, 0.15) is 27.8 Å². The minimum absolute atomic E-state index is 1.37. The van der Waals surface area contributed by atoms with E-state index in [0.29, 0.717) is 0 Å². The molecule has 3 aromatic rings. The van der Waals surface area contributed by atoms with Crippen LogP contribution in [-0.2, 0) is 0 Å². The van der Waals surface area contributed by atoms with E-state index in [1.807, 2.05) is 36.4 Å². The fourth-order valence-corrected chi connectivity index (χ4v) is 1.95. The predicted molar refractivity (Wildman–Crippen MR) is 103 cm³/mol. The average Bonchev–Trinajstić information content (AvgIpc) is 2.58. The highest BCUT2D eigenvalue weighted by Crippen LogP contribution is 2.10. The molecule has 0 spiro atoms. The molecule has 0 nitrogen and oxygen atoms in total. The van der Waals surface area contributed by atoms with Crippen molar-refractivity contribution in [2.24, 2.45) is 0 Å². The van der Waals surface area contributed by atoms with Gasteiger partial charge in [0, 0.05) is 0 Å². The first-order valence-electron chi connectivity index (χ1n) is 8.07. The number of hydrogen-bond donors (Lipinski definition) is 0. The Kier molecular flexibility index (Phi) is 8.46. The van der Waals surface area contributed by atoms with Crippen LogP contribution < -0.4 is 0 Å². The van der Waals surface area contributed by atoms with E-state index >= 15 is 0 Å². The maximum absolute atomic E-state index is 2.16. The molecule has 0 heterocycles. The third kappa shape index (κ3) is 7.46. The van der Waals surface area contributed by atoms with Gasteiger partial charge in [0.1, 0.15) is 0 Å². The number of benzene rings is 3. The molecular formula is C23H28. The third-order valence-electron chi connectivity index (χ3n) is 3.97. The van der Waals surface area contributed by atoms with E-state index in [-0.39, 0.29) is 0 Å². The molecule has 0 N–H and O–H groups in total. The maximum Gasteiger partial charge on any atom is -0.0392 e. The van der Waals surface area contributed by atoms with Crippen LogP contribution in [0.15, 0.2) is 78.9 Å². The Bertz CT molecular complexity index is 613. The van der Waals surface area contributed by atoms with Gasteiger partial charge in [0.25, 0.3) is 0 Å². The molecule has 0 aliphatic carbocycles. The molecule has 120 valence electrons. The second kappa shape index (κ2) is 10.4. The summed E-state index contributed by atoms with van der Waals surface area (Å²) in [6.45, 7) is 10.7. The van der Waals surface area contributed by atoms with Gasteiger partial charge in [-0.15, -0.1) is 0 Å². The Balaban J connectivity index is 0.000000176. The van der Waals surface area contributed by atoms with Gasteiger partial charge in [-0.25, -0.2) is 0 Å². The quantitative estimate of drug-likeness (QED) is 0.439. The highest BCUT2D eigenvalue weighted by molar-refractivity contribution is 5.31. The Hall–Kier alpha value is -2.34. The highest BCUT2D eigenvalue weighted by Gasteiger charge is 1.91. The van der Waals surface area contributed by atoms with Crippen molar-refractivity contribution in [3.63, 3.8) is 0 Å². The highest BCUT2D eigenvalue weighted by atomic mass is 14.0. The molecular weight excluding hydrogens is 276 g/mol. The second-order valence-corrected chi connectivity index (χ2v) is 5.76. The zero-order valence-electron chi connectivity index (χ0n) is 15.0. The van der Waals surface area contributed by atoms with Crippen molar-refractivity contribution in [2.75, 3.05) is 0 Å². The largest absolute Gasteiger partial charge is 0.0623 e. The molecule has 0 bridgehead atoms. The lowest BCUT2D eigenvalue weighted by Crippen LogP contribution is -1.82. The van der Waals surface area contributed by atoms with Crippen LogP contribution in [-0.4, -0.2) is 0 Å². The van der Waals surface area contributed by atoms with Crippen LogP contribution in [0, 0.1) is 34.6 Å². The van der Waals surface area contributed by atoms with Crippen LogP contribution in [0.4, 0.5) is 0 Å². The third-order valence-corrected chi connectivity index (χ3v) is 3.97. The Morgan fingerprint density at radius 3 is 0.913 bits per heavy atom. The van der Waals surface area contributed by atoms with Gasteiger partial charge < -0.3 is 0 Å². The molecule has 0 heteroatoms. The van der Waals surface area contributed by atoms with Crippen LogP contribution in [0.25, 0.3) is 0 Å². The van der Waals surface area contributed by atoms with E-state index in [4.69, 9.17) is 0 Å². The van der Waals surface area contributed by atoms with Gasteiger partial charge in [0.2, 0.25) is 0 Å². The fraction of sp³-hybridized carbons (Fsp3) is 0.217. The second-order valence-electron chi connectivity index (χ2n) is 5.76. The van der Waals surface area contributed by atoms with Crippen molar-refractivity contribution < 1.29 is 0 Å². The maximum atomic E-state index is 2.16. The predicted octanol–water partition coefficient (Wildman–Crippen LogP) is 6.60. The smallest absolute Gasteiger partial charge is 0.0392 e. The molecule has 3 aromatic carbocycles. The van der Waals surface area contributed by atoms with Gasteiger partial charge >= 0.3 is 0 Å². The molecule has 0 atom stereocenters. The molecule has 0 amide bonds. The first kappa shape index (κ1) is 18.7. The van der Waals surface area contributed by atoms with Crippen molar-refractivity contribution in [1.29, 1.82) is 0 Å². The van der Waals surface area contributed by atoms with Crippen LogP contribution in [0.2, 0.25) is 0 Å². The lowest BCUT2D eigenvalue weighted by atomic mass is 10.1. The SMILES string of the molecule is Cc1cccc(C)c1C.Cc1ccccc1C.c1ccccc1. The molecule has 0 aliphatic rings. The van der Waals surface area contributed by atoms with E-state index in [2.05, 4.69) is 77.1 Å². The summed E-state index contributed by atoms with van der Waals surface area (Å²) in [6, 6.07) is 26.7. The van der Waals surface area contributed by atoms with E-state index in [1.165, 1.54) is 27.8 Å². The van der Waals surface area contributed by atoms with Crippen molar-refractivity contribution in [1.82, 2.24) is 0 Å². The van der Waals surface area contributed by atoms with Gasteiger partial charge in [0.15, 0.2) is 0 Å². The van der Waals surface area contributed by atoms with Crippen molar-refractivity contribution in [3.05, 3.63) is 107 Å². The summed E-state index contributed by atoms with van der Waals surface area (Å²) in [4.78, 5) is 0. The van der Waals surface area contributed by atoms with E-state index in [1.54, 1.807) is 0 Å². The van der Waals surface area contributed by atoms with Crippen LogP contribution in [0.3, 0.4) is 0 Å². The van der Waals surface area contributed by atoms with E-state index in [0.717, 1.165) is 0 Å². The molecule has 0 unspecified atom stereocenters. The Morgan fingerprint density at radius 2 is 0.652 bits per heavy atom. The molecule has 0 radical (unpaired) electrons. The molecule has 3 rings (SSSR count). The van der Waals surface area contributed by atoms with Crippen LogP contribution >= 0.6 is 0 Å². The topological polar surface area (TPSA) is 0 Å². The minimum Gasteiger partial charge on any atom is -0.0623 e. The number of aryl methyl sites for hydroxylation is 4. The normalized spacial score (nSPS) is 9.09. The van der Waals surface area contributed by atoms with Gasteiger partial charge in [-0.1, -0.05) is 78.9 Å². The molecule has 0 aliphatic heterocycles. The summed E-state index contributed by atoms with van der Waals surface area (Å²) in [6.07, 6.45) is 0. The first-order chi connectivity index (χ1) is 11.0. The van der Waals surface area contributed by atoms with E-state index < -0.39 is 0 Å². The standard InChI is InChI=1S/C9H12.C8H10.C6H6/c1-7-5-4-6-8(2)9(7)3;1-7-5-3-4-6-8(7)2;1-2-4-6-5-3-1/h4-6H,1-3H3;3-6H,1-2H3;1-6H. The molecule has 0 fully saturated rings. The molecule has 0 saturated heterocycles. The summed E-state index contributed by atoms with van der Waals surface area (Å²) in [5, 5.41) is 0. The molecule has 0 saturated carbocycles. The Morgan fingerprint density at radius 1 is 0.348 bits per heavy atom. The summed E-state index contributed by atoms with van der Waals surface area (Å²) in [5.74, 6) is 0. The van der Waals surface area contributed by atoms with Gasteiger partial charge in [-0.3, -0.25) is 0 Å². The average molecular weight is 304 g/mol. The van der Waals surface area contributed by atoms with Gasteiger partial charge in [-0.2, -0.15) is 0 Å². The lowest BCUT2D eigenvalue weighted by Gasteiger charge is -2.00. The monoisotopic (exact) mass is 304 g/mol. The van der Waals surface area contributed by atoms with Crippen molar-refractivity contribution in [2.45, 2.75) is 34.6 Å². The minimum atomic E-state index is 1.37. The summed E-state index contributed by atoms with van der Waals surface area (Å²) >= 11 is 0. The van der Waals surface area contributed by atoms with Crippen LogP contribution in [0.5, 0.6) is 0 Å². The molecule has 0 aromatic heterocycles. The lowest BCUT2D eigenvalue weighted by molar-refractivity contribution is 1.27. The molecule has 23 heavy (non-hydrogen) atoms. The zero-order valence-corrected chi connectivity index (χ0v) is 15.0. The van der Waals surface area contributed by atoms with Crippen molar-refractivity contribution in [3.8, 4) is 0 Å². The van der Waals surface area contributed by atoms with Gasteiger partial charge in [0.05, 0.1) is 0 Å².